The number of benzene rings is 1. The molecular formula is C20H22FN5. The summed E-state index contributed by atoms with van der Waals surface area (Å²) in [7, 11) is 0. The average Bonchev–Trinajstić information content (AvgIpc) is 3.45. The Morgan fingerprint density at radius 2 is 2.04 bits per heavy atom. The minimum Gasteiger partial charge on any atom is -0.368 e. The Kier molecular flexibility index (Phi) is 4.28. The summed E-state index contributed by atoms with van der Waals surface area (Å²) in [6.45, 7) is 5.15. The van der Waals surface area contributed by atoms with Gasteiger partial charge < -0.3 is 11.1 Å². The van der Waals surface area contributed by atoms with E-state index in [1.54, 1.807) is 0 Å². The van der Waals surface area contributed by atoms with Gasteiger partial charge in [-0.3, -0.25) is 4.98 Å². The monoisotopic (exact) mass is 351 g/mol. The molecule has 6 heteroatoms. The van der Waals surface area contributed by atoms with Crippen LogP contribution in [0.2, 0.25) is 0 Å². The van der Waals surface area contributed by atoms with Gasteiger partial charge in [-0.15, -0.1) is 0 Å². The SMILES string of the molecule is CC(C)c1c(CNC2CC2)cnc2ccc(-c3nc(N)ncc3F)cc12. The van der Waals surface area contributed by atoms with Crippen molar-refractivity contribution >= 4 is 16.9 Å². The number of halogens is 1. The molecule has 134 valence electrons. The van der Waals surface area contributed by atoms with Crippen molar-refractivity contribution in [1.82, 2.24) is 20.3 Å². The molecule has 3 aromatic rings. The van der Waals surface area contributed by atoms with Gasteiger partial charge in [-0.25, -0.2) is 14.4 Å². The van der Waals surface area contributed by atoms with Gasteiger partial charge in [-0.05, 0) is 42.0 Å². The minimum absolute atomic E-state index is 0.0612. The lowest BCUT2D eigenvalue weighted by Crippen LogP contribution is -2.17. The first-order valence-electron chi connectivity index (χ1n) is 8.96. The van der Waals surface area contributed by atoms with Crippen molar-refractivity contribution in [3.63, 3.8) is 0 Å². The van der Waals surface area contributed by atoms with Crippen molar-refractivity contribution < 1.29 is 4.39 Å². The summed E-state index contributed by atoms with van der Waals surface area (Å²) in [6.07, 6.45) is 5.56. The van der Waals surface area contributed by atoms with Gasteiger partial charge in [0.15, 0.2) is 5.82 Å². The molecule has 2 heterocycles. The number of hydrogen-bond donors (Lipinski definition) is 2. The van der Waals surface area contributed by atoms with E-state index in [1.165, 1.54) is 24.0 Å². The molecule has 26 heavy (non-hydrogen) atoms. The molecule has 4 rings (SSSR count). The van der Waals surface area contributed by atoms with E-state index < -0.39 is 5.82 Å². The number of nitrogens with two attached hydrogens (primary N) is 1. The number of nitrogen functional groups attached to an aromatic ring is 1. The molecule has 1 saturated carbocycles. The second-order valence-electron chi connectivity index (χ2n) is 7.16. The molecule has 0 bridgehead atoms. The fourth-order valence-corrected chi connectivity index (χ4v) is 3.35. The first-order chi connectivity index (χ1) is 12.5. The van der Waals surface area contributed by atoms with Crippen LogP contribution in [0.25, 0.3) is 22.2 Å². The third-order valence-electron chi connectivity index (χ3n) is 4.76. The van der Waals surface area contributed by atoms with E-state index in [0.717, 1.165) is 23.6 Å². The molecule has 2 aromatic heterocycles. The lowest BCUT2D eigenvalue weighted by molar-refractivity contribution is 0.619. The molecule has 0 saturated heterocycles. The van der Waals surface area contributed by atoms with Crippen LogP contribution in [0.3, 0.4) is 0 Å². The van der Waals surface area contributed by atoms with Gasteiger partial charge in [0.25, 0.3) is 0 Å². The van der Waals surface area contributed by atoms with Crippen LogP contribution < -0.4 is 11.1 Å². The van der Waals surface area contributed by atoms with Crippen LogP contribution >= 0.6 is 0 Å². The van der Waals surface area contributed by atoms with E-state index in [1.807, 2.05) is 24.4 Å². The minimum atomic E-state index is -0.482. The molecule has 0 amide bonds. The van der Waals surface area contributed by atoms with Crippen LogP contribution in [-0.4, -0.2) is 21.0 Å². The number of pyridine rings is 1. The first kappa shape index (κ1) is 16.8. The molecule has 3 N–H and O–H groups in total. The van der Waals surface area contributed by atoms with Gasteiger partial charge in [0.2, 0.25) is 5.95 Å². The number of nitrogens with zero attached hydrogens (tertiary/aromatic N) is 3. The quantitative estimate of drug-likeness (QED) is 0.731. The highest BCUT2D eigenvalue weighted by molar-refractivity contribution is 5.88. The van der Waals surface area contributed by atoms with Crippen LogP contribution in [0.5, 0.6) is 0 Å². The molecule has 0 radical (unpaired) electrons. The Morgan fingerprint density at radius 3 is 2.77 bits per heavy atom. The van der Waals surface area contributed by atoms with Gasteiger partial charge in [0, 0.05) is 29.7 Å². The predicted molar refractivity (Wildman–Crippen MR) is 101 cm³/mol. The Labute approximate surface area is 151 Å². The highest BCUT2D eigenvalue weighted by atomic mass is 19.1. The Morgan fingerprint density at radius 1 is 1.23 bits per heavy atom. The zero-order valence-corrected chi connectivity index (χ0v) is 15.0. The second kappa shape index (κ2) is 6.61. The maximum atomic E-state index is 14.2. The molecular weight excluding hydrogens is 329 g/mol. The highest BCUT2D eigenvalue weighted by Crippen LogP contribution is 2.32. The number of nitrogens with one attached hydrogen (secondary N) is 1. The van der Waals surface area contributed by atoms with Gasteiger partial charge in [-0.1, -0.05) is 19.9 Å². The summed E-state index contributed by atoms with van der Waals surface area (Å²) in [5, 5.41) is 4.59. The third kappa shape index (κ3) is 3.24. The lowest BCUT2D eigenvalue weighted by Gasteiger charge is -2.17. The summed E-state index contributed by atoms with van der Waals surface area (Å²) < 4.78 is 14.2. The van der Waals surface area contributed by atoms with E-state index in [2.05, 4.69) is 34.1 Å². The Bertz CT molecular complexity index is 966. The predicted octanol–water partition coefficient (Wildman–Crippen LogP) is 3.79. The molecule has 1 aliphatic rings. The summed E-state index contributed by atoms with van der Waals surface area (Å²) >= 11 is 0. The number of aromatic nitrogens is 3. The van der Waals surface area contributed by atoms with Crippen LogP contribution in [0.1, 0.15) is 43.7 Å². The zero-order valence-electron chi connectivity index (χ0n) is 15.0. The van der Waals surface area contributed by atoms with Crippen molar-refractivity contribution in [2.75, 3.05) is 5.73 Å². The van der Waals surface area contributed by atoms with Crippen molar-refractivity contribution in [3.05, 3.63) is 47.5 Å². The lowest BCUT2D eigenvalue weighted by atomic mass is 9.92. The number of rotatable bonds is 5. The van der Waals surface area contributed by atoms with Crippen molar-refractivity contribution in [1.29, 1.82) is 0 Å². The smallest absolute Gasteiger partial charge is 0.220 e. The number of anilines is 1. The van der Waals surface area contributed by atoms with E-state index >= 15 is 0 Å². The third-order valence-corrected chi connectivity index (χ3v) is 4.76. The van der Waals surface area contributed by atoms with Crippen molar-refractivity contribution in [2.24, 2.45) is 0 Å². The molecule has 1 fully saturated rings. The van der Waals surface area contributed by atoms with Crippen LogP contribution in [0.4, 0.5) is 10.3 Å². The largest absolute Gasteiger partial charge is 0.368 e. The number of hydrogen-bond acceptors (Lipinski definition) is 5. The van der Waals surface area contributed by atoms with Gasteiger partial charge in [0.1, 0.15) is 5.69 Å². The Hall–Kier alpha value is -2.60. The van der Waals surface area contributed by atoms with E-state index in [9.17, 15) is 4.39 Å². The van der Waals surface area contributed by atoms with Gasteiger partial charge in [0.05, 0.1) is 11.7 Å². The van der Waals surface area contributed by atoms with E-state index in [4.69, 9.17) is 5.73 Å². The van der Waals surface area contributed by atoms with E-state index in [-0.39, 0.29) is 11.6 Å². The van der Waals surface area contributed by atoms with Gasteiger partial charge in [-0.2, -0.15) is 0 Å². The molecule has 0 spiro atoms. The molecule has 1 aromatic carbocycles. The Balaban J connectivity index is 1.84. The number of fused-ring (bicyclic) bond motifs is 1. The summed E-state index contributed by atoms with van der Waals surface area (Å²) in [4.78, 5) is 12.4. The van der Waals surface area contributed by atoms with Crippen LogP contribution in [0.15, 0.2) is 30.6 Å². The fourth-order valence-electron chi connectivity index (χ4n) is 3.35. The molecule has 0 atom stereocenters. The summed E-state index contributed by atoms with van der Waals surface area (Å²) in [5.74, 6) is -0.0951. The maximum absolute atomic E-state index is 14.2. The molecule has 5 nitrogen and oxygen atoms in total. The molecule has 0 aliphatic heterocycles. The fraction of sp³-hybridized carbons (Fsp3) is 0.350. The standard InChI is InChI=1S/C20H22FN5/c1-11(2)18-13(8-23-14-4-5-14)9-24-17-6-3-12(7-15(17)18)19-16(21)10-25-20(22)26-19/h3,6-7,9-11,14,23H,4-5,8H2,1-2H3,(H2,22,25,26). The van der Waals surface area contributed by atoms with Crippen molar-refractivity contribution in [2.45, 2.75) is 45.2 Å². The topological polar surface area (TPSA) is 76.7 Å². The normalized spacial score (nSPS) is 14.3. The summed E-state index contributed by atoms with van der Waals surface area (Å²) in [5.41, 5.74) is 9.88. The highest BCUT2D eigenvalue weighted by Gasteiger charge is 2.21. The maximum Gasteiger partial charge on any atom is 0.220 e. The van der Waals surface area contributed by atoms with Crippen LogP contribution in [-0.2, 0) is 6.54 Å². The first-order valence-corrected chi connectivity index (χ1v) is 8.96. The average molecular weight is 351 g/mol. The van der Waals surface area contributed by atoms with Crippen LogP contribution in [0, 0.1) is 5.82 Å². The van der Waals surface area contributed by atoms with Crippen molar-refractivity contribution in [3.8, 4) is 11.3 Å². The van der Waals surface area contributed by atoms with Gasteiger partial charge >= 0.3 is 0 Å². The summed E-state index contributed by atoms with van der Waals surface area (Å²) in [6, 6.07) is 6.33. The van der Waals surface area contributed by atoms with E-state index in [0.29, 0.717) is 17.5 Å². The molecule has 1 aliphatic carbocycles. The molecule has 0 unspecified atom stereocenters. The zero-order chi connectivity index (χ0) is 18.3. The second-order valence-corrected chi connectivity index (χ2v) is 7.16.